The highest BCUT2D eigenvalue weighted by molar-refractivity contribution is 7.16. The molecule has 1 fully saturated rings. The number of rotatable bonds is 6. The summed E-state index contributed by atoms with van der Waals surface area (Å²) in [5, 5.41) is 9.75. The first-order chi connectivity index (χ1) is 12.5. The van der Waals surface area contributed by atoms with Crippen molar-refractivity contribution in [1.29, 1.82) is 0 Å². The van der Waals surface area contributed by atoms with Crippen LogP contribution in [0.5, 0.6) is 11.5 Å². The summed E-state index contributed by atoms with van der Waals surface area (Å²) in [7, 11) is 3.22. The van der Waals surface area contributed by atoms with Gasteiger partial charge in [0.05, 0.1) is 24.6 Å². The number of methoxy groups -OCH3 is 2. The molecular weight excluding hydrogens is 374 g/mol. The van der Waals surface area contributed by atoms with Gasteiger partial charge in [0.15, 0.2) is 0 Å². The van der Waals surface area contributed by atoms with Crippen LogP contribution in [0, 0.1) is 0 Å². The van der Waals surface area contributed by atoms with E-state index in [1.165, 1.54) is 11.3 Å². The SMILES string of the molecule is COc1ccc(C(c2ccc(Cl)s2)N2CCCCC2C(=O)O)c(OC)c1. The van der Waals surface area contributed by atoms with Gasteiger partial charge < -0.3 is 14.6 Å². The van der Waals surface area contributed by atoms with E-state index in [2.05, 4.69) is 4.90 Å². The zero-order valence-electron chi connectivity index (χ0n) is 14.8. The molecule has 0 saturated carbocycles. The van der Waals surface area contributed by atoms with E-state index in [0.717, 1.165) is 23.3 Å². The molecule has 5 nitrogen and oxygen atoms in total. The summed E-state index contributed by atoms with van der Waals surface area (Å²) in [4.78, 5) is 14.9. The van der Waals surface area contributed by atoms with Gasteiger partial charge in [-0.25, -0.2) is 0 Å². The molecule has 0 amide bonds. The standard InChI is InChI=1S/C19H22ClNO4S/c1-24-12-6-7-13(15(11-12)25-2)18(16-8-9-17(20)26-16)21-10-4-3-5-14(21)19(22)23/h6-9,11,14,18H,3-5,10H2,1-2H3,(H,22,23). The average molecular weight is 396 g/mol. The highest BCUT2D eigenvalue weighted by Crippen LogP contribution is 2.42. The van der Waals surface area contributed by atoms with E-state index in [9.17, 15) is 9.90 Å². The van der Waals surface area contributed by atoms with Gasteiger partial charge in [0.2, 0.25) is 0 Å². The fraction of sp³-hybridized carbons (Fsp3) is 0.421. The first-order valence-corrected chi connectivity index (χ1v) is 9.70. The van der Waals surface area contributed by atoms with Crippen molar-refractivity contribution >= 4 is 28.9 Å². The molecule has 2 heterocycles. The van der Waals surface area contributed by atoms with E-state index in [1.807, 2.05) is 30.3 Å². The molecule has 1 saturated heterocycles. The van der Waals surface area contributed by atoms with Crippen molar-refractivity contribution in [3.8, 4) is 11.5 Å². The average Bonchev–Trinajstić information content (AvgIpc) is 3.08. The number of hydrogen-bond acceptors (Lipinski definition) is 5. The number of benzene rings is 1. The Morgan fingerprint density at radius 1 is 1.27 bits per heavy atom. The number of nitrogens with zero attached hydrogens (tertiary/aromatic N) is 1. The van der Waals surface area contributed by atoms with Gasteiger partial charge >= 0.3 is 5.97 Å². The number of carboxylic acids is 1. The van der Waals surface area contributed by atoms with E-state index < -0.39 is 12.0 Å². The zero-order chi connectivity index (χ0) is 18.7. The lowest BCUT2D eigenvalue weighted by Crippen LogP contribution is -2.46. The van der Waals surface area contributed by atoms with E-state index in [0.29, 0.717) is 28.8 Å². The number of thiophene rings is 1. The monoisotopic (exact) mass is 395 g/mol. The van der Waals surface area contributed by atoms with Crippen molar-refractivity contribution in [2.75, 3.05) is 20.8 Å². The molecule has 2 atom stereocenters. The molecule has 0 spiro atoms. The molecule has 26 heavy (non-hydrogen) atoms. The normalized spacial score (nSPS) is 19.1. The number of carbonyl (C=O) groups is 1. The van der Waals surface area contributed by atoms with Crippen molar-refractivity contribution in [3.05, 3.63) is 45.1 Å². The molecule has 7 heteroatoms. The van der Waals surface area contributed by atoms with Crippen molar-refractivity contribution in [2.24, 2.45) is 0 Å². The highest BCUT2D eigenvalue weighted by Gasteiger charge is 2.37. The third-order valence-electron chi connectivity index (χ3n) is 4.76. The summed E-state index contributed by atoms with van der Waals surface area (Å²) in [5.74, 6) is 0.584. The van der Waals surface area contributed by atoms with Gasteiger partial charge in [-0.1, -0.05) is 18.0 Å². The predicted octanol–water partition coefficient (Wildman–Crippen LogP) is 4.45. The van der Waals surface area contributed by atoms with Crippen LogP contribution in [-0.4, -0.2) is 42.8 Å². The smallest absolute Gasteiger partial charge is 0.320 e. The second kappa shape index (κ2) is 8.29. The van der Waals surface area contributed by atoms with Crippen LogP contribution >= 0.6 is 22.9 Å². The summed E-state index contributed by atoms with van der Waals surface area (Å²) < 4.78 is 11.6. The Labute approximate surface area is 162 Å². The van der Waals surface area contributed by atoms with E-state index >= 15 is 0 Å². The van der Waals surface area contributed by atoms with E-state index in [4.69, 9.17) is 21.1 Å². The second-order valence-corrected chi connectivity index (χ2v) is 7.99. The minimum atomic E-state index is -0.787. The van der Waals surface area contributed by atoms with Gasteiger partial charge in [-0.2, -0.15) is 0 Å². The third-order valence-corrected chi connectivity index (χ3v) is 6.04. The Morgan fingerprint density at radius 3 is 2.69 bits per heavy atom. The van der Waals surface area contributed by atoms with Gasteiger partial charge in [0, 0.05) is 16.5 Å². The molecule has 2 aromatic rings. The van der Waals surface area contributed by atoms with Crippen LogP contribution in [-0.2, 0) is 4.79 Å². The molecular formula is C19H22ClNO4S. The Bertz CT molecular complexity index is 779. The third kappa shape index (κ3) is 3.82. The second-order valence-electron chi connectivity index (χ2n) is 6.24. The summed E-state index contributed by atoms with van der Waals surface area (Å²) in [6.07, 6.45) is 2.53. The molecule has 3 rings (SSSR count). The number of halogens is 1. The maximum absolute atomic E-state index is 11.9. The molecule has 1 N–H and O–H groups in total. The maximum atomic E-state index is 11.9. The molecule has 1 aromatic heterocycles. The van der Waals surface area contributed by atoms with Crippen molar-refractivity contribution in [2.45, 2.75) is 31.3 Å². The van der Waals surface area contributed by atoms with Gasteiger partial charge in [-0.3, -0.25) is 9.69 Å². The first-order valence-electron chi connectivity index (χ1n) is 8.51. The summed E-state index contributed by atoms with van der Waals surface area (Å²) in [5.41, 5.74) is 0.917. The van der Waals surface area contributed by atoms with Gasteiger partial charge in [-0.05, 0) is 43.7 Å². The van der Waals surface area contributed by atoms with Gasteiger partial charge in [-0.15, -0.1) is 11.3 Å². The minimum Gasteiger partial charge on any atom is -0.497 e. The van der Waals surface area contributed by atoms with Crippen LogP contribution < -0.4 is 9.47 Å². The molecule has 2 unspecified atom stereocenters. The van der Waals surface area contributed by atoms with E-state index in [-0.39, 0.29) is 6.04 Å². The largest absolute Gasteiger partial charge is 0.497 e. The number of ether oxygens (including phenoxy) is 2. The van der Waals surface area contributed by atoms with Gasteiger partial charge in [0.25, 0.3) is 0 Å². The number of carboxylic acid groups (broad SMARTS) is 1. The number of likely N-dealkylation sites (tertiary alicyclic amines) is 1. The van der Waals surface area contributed by atoms with Crippen LogP contribution in [0.1, 0.15) is 35.7 Å². The summed E-state index contributed by atoms with van der Waals surface area (Å²) in [6.45, 7) is 0.715. The molecule has 0 bridgehead atoms. The highest BCUT2D eigenvalue weighted by atomic mass is 35.5. The Hall–Kier alpha value is -1.76. The number of hydrogen-bond donors (Lipinski definition) is 1. The minimum absolute atomic E-state index is 0.227. The van der Waals surface area contributed by atoms with Crippen molar-refractivity contribution in [1.82, 2.24) is 4.90 Å². The molecule has 0 aliphatic carbocycles. The molecule has 140 valence electrons. The Balaban J connectivity index is 2.11. The molecule has 1 aliphatic rings. The topological polar surface area (TPSA) is 59.0 Å². The van der Waals surface area contributed by atoms with Crippen molar-refractivity contribution < 1.29 is 19.4 Å². The van der Waals surface area contributed by atoms with Crippen LogP contribution in [0.2, 0.25) is 4.34 Å². The van der Waals surface area contributed by atoms with E-state index in [1.54, 1.807) is 14.2 Å². The zero-order valence-corrected chi connectivity index (χ0v) is 16.3. The molecule has 1 aromatic carbocycles. The fourth-order valence-electron chi connectivity index (χ4n) is 3.54. The number of piperidine rings is 1. The maximum Gasteiger partial charge on any atom is 0.320 e. The van der Waals surface area contributed by atoms with Crippen LogP contribution in [0.15, 0.2) is 30.3 Å². The van der Waals surface area contributed by atoms with Crippen LogP contribution in [0.3, 0.4) is 0 Å². The van der Waals surface area contributed by atoms with Gasteiger partial charge in [0.1, 0.15) is 17.5 Å². The number of aliphatic carboxylic acids is 1. The lowest BCUT2D eigenvalue weighted by atomic mass is 9.94. The van der Waals surface area contributed by atoms with Crippen molar-refractivity contribution in [3.63, 3.8) is 0 Å². The Kier molecular flexibility index (Phi) is 6.06. The lowest BCUT2D eigenvalue weighted by molar-refractivity contribution is -0.145. The molecule has 0 radical (unpaired) electrons. The first kappa shape index (κ1) is 19.0. The lowest BCUT2D eigenvalue weighted by Gasteiger charge is -2.39. The Morgan fingerprint density at radius 2 is 2.08 bits per heavy atom. The fourth-order valence-corrected chi connectivity index (χ4v) is 4.74. The van der Waals surface area contributed by atoms with Crippen LogP contribution in [0.4, 0.5) is 0 Å². The summed E-state index contributed by atoms with van der Waals surface area (Å²) >= 11 is 7.65. The van der Waals surface area contributed by atoms with Crippen LogP contribution in [0.25, 0.3) is 0 Å². The quantitative estimate of drug-likeness (QED) is 0.783. The summed E-state index contributed by atoms with van der Waals surface area (Å²) in [6, 6.07) is 8.72. The molecule has 1 aliphatic heterocycles. The predicted molar refractivity (Wildman–Crippen MR) is 103 cm³/mol.